The number of amides is 2. The van der Waals surface area contributed by atoms with Crippen molar-refractivity contribution in [3.63, 3.8) is 0 Å². The number of nitrogens with zero attached hydrogens (tertiary/aromatic N) is 2. The van der Waals surface area contributed by atoms with Crippen molar-refractivity contribution < 1.29 is 9.53 Å². The van der Waals surface area contributed by atoms with Crippen molar-refractivity contribution in [3.05, 3.63) is 71.8 Å². The number of nitrogens with two attached hydrogens (primary N) is 1. The van der Waals surface area contributed by atoms with E-state index in [9.17, 15) is 4.79 Å². The van der Waals surface area contributed by atoms with Crippen LogP contribution < -0.4 is 5.73 Å². The molecule has 24 heavy (non-hydrogen) atoms. The number of rotatable bonds is 5. The van der Waals surface area contributed by atoms with Gasteiger partial charge in [0, 0.05) is 0 Å². The highest BCUT2D eigenvalue weighted by atomic mass is 32.2. The van der Waals surface area contributed by atoms with E-state index >= 15 is 0 Å². The predicted octanol–water partition coefficient (Wildman–Crippen LogP) is 3.34. The minimum absolute atomic E-state index is 0.364. The number of benzene rings is 2. The van der Waals surface area contributed by atoms with Crippen LogP contribution in [0.5, 0.6) is 0 Å². The van der Waals surface area contributed by atoms with E-state index in [1.807, 2.05) is 67.6 Å². The summed E-state index contributed by atoms with van der Waals surface area (Å²) in [6.45, 7) is 2.38. The topological polar surface area (TPSA) is 67.9 Å². The van der Waals surface area contributed by atoms with E-state index in [0.717, 1.165) is 21.7 Å². The van der Waals surface area contributed by atoms with Crippen molar-refractivity contribution in [1.29, 1.82) is 0 Å². The minimum Gasteiger partial charge on any atom is -0.365 e. The first-order valence-electron chi connectivity index (χ1n) is 7.57. The van der Waals surface area contributed by atoms with Crippen LogP contribution in [0.2, 0.25) is 0 Å². The minimum atomic E-state index is -0.638. The maximum absolute atomic E-state index is 11.7. The first kappa shape index (κ1) is 16.4. The summed E-state index contributed by atoms with van der Waals surface area (Å²) in [7, 11) is -0.638. The summed E-state index contributed by atoms with van der Waals surface area (Å²) in [5.41, 5.74) is 8.41. The molecule has 3 rings (SSSR count). The molecule has 0 bridgehead atoms. The lowest BCUT2D eigenvalue weighted by molar-refractivity contribution is 0.166. The van der Waals surface area contributed by atoms with Crippen molar-refractivity contribution in [3.8, 4) is 0 Å². The maximum Gasteiger partial charge on any atom is 0.345 e. The molecule has 2 aromatic carbocycles. The number of urea groups is 1. The fourth-order valence-electron chi connectivity index (χ4n) is 2.50. The second-order valence-corrected chi connectivity index (χ2v) is 7.03. The summed E-state index contributed by atoms with van der Waals surface area (Å²) >= 11 is 0. The first-order valence-corrected chi connectivity index (χ1v) is 8.92. The molecule has 1 heterocycles. The van der Waals surface area contributed by atoms with E-state index < -0.39 is 16.7 Å². The van der Waals surface area contributed by atoms with E-state index in [2.05, 4.69) is 5.10 Å². The summed E-state index contributed by atoms with van der Waals surface area (Å²) in [4.78, 5) is 12.7. The standard InChI is InChI=1S/C18H19N3O2S/c1-14-17(16-10-6-3-7-11-16)24(21(20-14)18(19)22)13-23-12-15-8-4-2-5-9-15/h2-11H,12-13H2,1H3,(H2,19,22). The van der Waals surface area contributed by atoms with Gasteiger partial charge in [-0.3, -0.25) is 0 Å². The number of hydrogen-bond acceptors (Lipinski definition) is 3. The Morgan fingerprint density at radius 1 is 1.12 bits per heavy atom. The van der Waals surface area contributed by atoms with Gasteiger partial charge in [0.05, 0.1) is 17.2 Å². The molecule has 1 unspecified atom stereocenters. The zero-order valence-electron chi connectivity index (χ0n) is 13.4. The zero-order valence-corrected chi connectivity index (χ0v) is 14.2. The Morgan fingerprint density at radius 2 is 1.75 bits per heavy atom. The van der Waals surface area contributed by atoms with E-state index in [0.29, 0.717) is 12.5 Å². The highest BCUT2D eigenvalue weighted by molar-refractivity contribution is 8.15. The molecule has 1 atom stereocenters. The van der Waals surface area contributed by atoms with Crippen LogP contribution in [0, 0.1) is 0 Å². The van der Waals surface area contributed by atoms with Crippen LogP contribution in [0.3, 0.4) is 0 Å². The largest absolute Gasteiger partial charge is 0.365 e. The first-order chi connectivity index (χ1) is 11.7. The monoisotopic (exact) mass is 341 g/mol. The molecule has 2 aromatic rings. The van der Waals surface area contributed by atoms with Crippen LogP contribution in [-0.4, -0.2) is 27.0 Å². The molecule has 0 saturated carbocycles. The lowest BCUT2D eigenvalue weighted by atomic mass is 10.1. The molecule has 1 aliphatic rings. The number of ether oxygens (including phenoxy) is 1. The normalized spacial score (nSPS) is 17.0. The highest BCUT2D eigenvalue weighted by Gasteiger charge is 2.27. The van der Waals surface area contributed by atoms with Gasteiger partial charge >= 0.3 is 6.03 Å². The Labute approximate surface area is 143 Å². The van der Waals surface area contributed by atoms with Gasteiger partial charge in [0.2, 0.25) is 0 Å². The molecule has 124 valence electrons. The van der Waals surface area contributed by atoms with Crippen molar-refractivity contribution in [1.82, 2.24) is 4.41 Å². The third-order valence-electron chi connectivity index (χ3n) is 3.54. The number of primary amides is 1. The third-order valence-corrected chi connectivity index (χ3v) is 5.62. The Bertz CT molecular complexity index is 788. The van der Waals surface area contributed by atoms with Gasteiger partial charge in [-0.1, -0.05) is 60.7 Å². The SMILES string of the molecule is CC1=NN(C(N)=O)S(COCc2ccccc2)=C1c1ccccc1. The maximum atomic E-state index is 11.7. The van der Waals surface area contributed by atoms with Crippen molar-refractivity contribution >= 4 is 27.3 Å². The molecule has 0 spiro atoms. The average Bonchev–Trinajstić information content (AvgIpc) is 2.93. The van der Waals surface area contributed by atoms with Gasteiger partial charge in [-0.15, -0.1) is 0 Å². The van der Waals surface area contributed by atoms with Gasteiger partial charge in [-0.25, -0.2) is 4.79 Å². The summed E-state index contributed by atoms with van der Waals surface area (Å²) in [6, 6.07) is 19.3. The van der Waals surface area contributed by atoms with Crippen LogP contribution in [-0.2, 0) is 11.3 Å². The lowest BCUT2D eigenvalue weighted by Gasteiger charge is -2.17. The Kier molecular flexibility index (Phi) is 5.08. The van der Waals surface area contributed by atoms with Gasteiger partial charge in [0.1, 0.15) is 5.94 Å². The molecule has 0 radical (unpaired) electrons. The molecule has 2 amide bonds. The number of hydrogen-bond donors (Lipinski definition) is 1. The van der Waals surface area contributed by atoms with Crippen LogP contribution >= 0.6 is 10.7 Å². The lowest BCUT2D eigenvalue weighted by Crippen LogP contribution is -2.26. The summed E-state index contributed by atoms with van der Waals surface area (Å²) in [6.07, 6.45) is 0. The van der Waals surface area contributed by atoms with Crippen LogP contribution in [0.1, 0.15) is 18.1 Å². The Balaban J connectivity index is 1.84. The smallest absolute Gasteiger partial charge is 0.345 e. The van der Waals surface area contributed by atoms with E-state index in [1.54, 1.807) is 0 Å². The molecule has 5 nitrogen and oxygen atoms in total. The van der Waals surface area contributed by atoms with Crippen molar-refractivity contribution in [2.45, 2.75) is 13.5 Å². The summed E-state index contributed by atoms with van der Waals surface area (Å²) < 4.78 is 7.19. The fourth-order valence-corrected chi connectivity index (χ4v) is 4.36. The van der Waals surface area contributed by atoms with E-state index in [1.165, 1.54) is 4.41 Å². The second-order valence-electron chi connectivity index (χ2n) is 5.31. The van der Waals surface area contributed by atoms with Crippen LogP contribution in [0.15, 0.2) is 65.8 Å². The number of carbonyl (C=O) groups excluding carboxylic acids is 1. The Morgan fingerprint density at radius 3 is 2.38 bits per heavy atom. The molecule has 6 heteroatoms. The number of carbonyl (C=O) groups is 1. The molecule has 0 saturated heterocycles. The van der Waals surface area contributed by atoms with Gasteiger partial charge in [0.25, 0.3) is 0 Å². The number of hydrazone groups is 1. The second kappa shape index (κ2) is 7.42. The predicted molar refractivity (Wildman–Crippen MR) is 98.8 cm³/mol. The van der Waals surface area contributed by atoms with Crippen molar-refractivity contribution in [2.24, 2.45) is 10.8 Å². The highest BCUT2D eigenvalue weighted by Crippen LogP contribution is 2.31. The van der Waals surface area contributed by atoms with Crippen LogP contribution in [0.4, 0.5) is 4.79 Å². The molecule has 0 fully saturated rings. The molecular weight excluding hydrogens is 322 g/mol. The van der Waals surface area contributed by atoms with Crippen molar-refractivity contribution in [2.75, 3.05) is 5.94 Å². The third kappa shape index (κ3) is 3.55. The van der Waals surface area contributed by atoms with Gasteiger partial charge < -0.3 is 10.5 Å². The summed E-state index contributed by atoms with van der Waals surface area (Å²) in [5, 5.41) is 4.32. The quantitative estimate of drug-likeness (QED) is 0.848. The molecular formula is C18H19N3O2S. The molecule has 0 aromatic heterocycles. The fraction of sp³-hybridized carbons (Fsp3) is 0.167. The Hall–Kier alpha value is -2.44. The molecule has 0 aliphatic carbocycles. The van der Waals surface area contributed by atoms with E-state index in [4.69, 9.17) is 10.5 Å². The molecule has 2 N–H and O–H groups in total. The van der Waals surface area contributed by atoms with Gasteiger partial charge in [-0.2, -0.15) is 9.52 Å². The molecule has 1 aliphatic heterocycles. The van der Waals surface area contributed by atoms with Crippen LogP contribution in [0.25, 0.3) is 0 Å². The summed E-state index contributed by atoms with van der Waals surface area (Å²) in [5.74, 6) is 0.364. The van der Waals surface area contributed by atoms with E-state index in [-0.39, 0.29) is 0 Å². The average molecular weight is 341 g/mol. The van der Waals surface area contributed by atoms with Gasteiger partial charge in [0.15, 0.2) is 0 Å². The van der Waals surface area contributed by atoms with Gasteiger partial charge in [-0.05, 0) is 28.7 Å². The zero-order chi connectivity index (χ0) is 16.9.